The van der Waals surface area contributed by atoms with Crippen LogP contribution in [0.5, 0.6) is 0 Å². The first-order chi connectivity index (χ1) is 9.10. The second-order valence-corrected chi connectivity index (χ2v) is 5.85. The standard InChI is InChI=1S/C13H17BrN2O3/c14-12-2-1-11(13(7-12)16(18)19)8-15-5-3-10(9-17)4-6-15/h1-2,7,10,17H,3-6,8-9H2. The fraction of sp³-hybridized carbons (Fsp3) is 0.538. The van der Waals surface area contributed by atoms with E-state index >= 15 is 0 Å². The van der Waals surface area contributed by atoms with Gasteiger partial charge in [-0.3, -0.25) is 15.0 Å². The highest BCUT2D eigenvalue weighted by Crippen LogP contribution is 2.26. The summed E-state index contributed by atoms with van der Waals surface area (Å²) in [5.41, 5.74) is 0.911. The van der Waals surface area contributed by atoms with E-state index in [-0.39, 0.29) is 17.2 Å². The number of benzene rings is 1. The van der Waals surface area contributed by atoms with Crippen molar-refractivity contribution in [2.75, 3.05) is 19.7 Å². The van der Waals surface area contributed by atoms with Crippen molar-refractivity contribution in [3.05, 3.63) is 38.3 Å². The molecule has 0 bridgehead atoms. The lowest BCUT2D eigenvalue weighted by molar-refractivity contribution is -0.385. The summed E-state index contributed by atoms with van der Waals surface area (Å²) >= 11 is 3.26. The average molecular weight is 329 g/mol. The zero-order chi connectivity index (χ0) is 13.8. The monoisotopic (exact) mass is 328 g/mol. The molecule has 0 atom stereocenters. The molecule has 0 amide bonds. The molecule has 1 heterocycles. The van der Waals surface area contributed by atoms with Gasteiger partial charge in [-0.1, -0.05) is 15.9 Å². The molecule has 1 saturated heterocycles. The Hall–Kier alpha value is -0.980. The maximum Gasteiger partial charge on any atom is 0.275 e. The molecule has 1 N–H and O–H groups in total. The van der Waals surface area contributed by atoms with Gasteiger partial charge in [0.2, 0.25) is 0 Å². The number of halogens is 1. The third-order valence-electron chi connectivity index (χ3n) is 3.60. The fourth-order valence-electron chi connectivity index (χ4n) is 2.41. The Bertz CT molecular complexity index is 459. The first-order valence-electron chi connectivity index (χ1n) is 6.36. The number of nitro benzene ring substituents is 1. The Morgan fingerprint density at radius 1 is 1.42 bits per heavy atom. The van der Waals surface area contributed by atoms with Crippen LogP contribution in [0.25, 0.3) is 0 Å². The minimum atomic E-state index is -0.333. The summed E-state index contributed by atoms with van der Waals surface area (Å²) in [4.78, 5) is 12.9. The van der Waals surface area contributed by atoms with Gasteiger partial charge in [0.25, 0.3) is 5.69 Å². The molecule has 0 aliphatic carbocycles. The van der Waals surface area contributed by atoms with Crippen molar-refractivity contribution in [3.8, 4) is 0 Å². The molecule has 1 aromatic carbocycles. The molecule has 2 rings (SSSR count). The maximum atomic E-state index is 11.0. The minimum absolute atomic E-state index is 0.165. The minimum Gasteiger partial charge on any atom is -0.396 e. The Morgan fingerprint density at radius 3 is 2.68 bits per heavy atom. The molecule has 0 radical (unpaired) electrons. The van der Waals surface area contributed by atoms with E-state index in [0.717, 1.165) is 36.0 Å². The van der Waals surface area contributed by atoms with Crippen molar-refractivity contribution in [1.29, 1.82) is 0 Å². The molecule has 0 unspecified atom stereocenters. The first kappa shape index (κ1) is 14.4. The van der Waals surface area contributed by atoms with Crippen molar-refractivity contribution in [1.82, 2.24) is 4.90 Å². The lowest BCUT2D eigenvalue weighted by Crippen LogP contribution is -2.34. The number of aliphatic hydroxyl groups excluding tert-OH is 1. The molecule has 1 fully saturated rings. The SMILES string of the molecule is O=[N+]([O-])c1cc(Br)ccc1CN1CCC(CO)CC1. The molecule has 0 saturated carbocycles. The molecule has 19 heavy (non-hydrogen) atoms. The third-order valence-corrected chi connectivity index (χ3v) is 4.10. The quantitative estimate of drug-likeness (QED) is 0.681. The van der Waals surface area contributed by atoms with E-state index in [1.165, 1.54) is 0 Å². The van der Waals surface area contributed by atoms with Gasteiger partial charge < -0.3 is 5.11 Å². The summed E-state index contributed by atoms with van der Waals surface area (Å²) in [5.74, 6) is 0.385. The first-order valence-corrected chi connectivity index (χ1v) is 7.15. The van der Waals surface area contributed by atoms with Gasteiger partial charge in [-0.05, 0) is 44.0 Å². The van der Waals surface area contributed by atoms with Crippen LogP contribution in [0, 0.1) is 16.0 Å². The van der Waals surface area contributed by atoms with Gasteiger partial charge in [0.1, 0.15) is 0 Å². The number of piperidine rings is 1. The highest BCUT2D eigenvalue weighted by molar-refractivity contribution is 9.10. The van der Waals surface area contributed by atoms with Crippen molar-refractivity contribution in [3.63, 3.8) is 0 Å². The zero-order valence-corrected chi connectivity index (χ0v) is 12.2. The fourth-order valence-corrected chi connectivity index (χ4v) is 2.76. The van der Waals surface area contributed by atoms with Crippen LogP contribution >= 0.6 is 15.9 Å². The van der Waals surface area contributed by atoms with Crippen molar-refractivity contribution in [2.45, 2.75) is 19.4 Å². The molecule has 1 aliphatic heterocycles. The molecule has 0 aromatic heterocycles. The van der Waals surface area contributed by atoms with Gasteiger partial charge in [0.05, 0.1) is 4.92 Å². The van der Waals surface area contributed by atoms with Crippen LogP contribution in [0.3, 0.4) is 0 Å². The van der Waals surface area contributed by atoms with Gasteiger partial charge in [0, 0.05) is 29.3 Å². The highest BCUT2D eigenvalue weighted by atomic mass is 79.9. The van der Waals surface area contributed by atoms with Crippen LogP contribution in [0.15, 0.2) is 22.7 Å². The normalized spacial score (nSPS) is 17.6. The molecular formula is C13H17BrN2O3. The van der Waals surface area contributed by atoms with Crippen molar-refractivity contribution in [2.24, 2.45) is 5.92 Å². The maximum absolute atomic E-state index is 11.0. The van der Waals surface area contributed by atoms with E-state index < -0.39 is 0 Å². The second kappa shape index (κ2) is 6.45. The zero-order valence-electron chi connectivity index (χ0n) is 10.6. The summed E-state index contributed by atoms with van der Waals surface area (Å²) in [6.45, 7) is 2.62. The van der Waals surface area contributed by atoms with E-state index in [0.29, 0.717) is 12.5 Å². The summed E-state index contributed by atoms with van der Waals surface area (Å²) in [5, 5.41) is 20.1. The molecule has 0 spiro atoms. The van der Waals surface area contributed by atoms with Crippen LogP contribution < -0.4 is 0 Å². The van der Waals surface area contributed by atoms with Gasteiger partial charge in [-0.25, -0.2) is 0 Å². The van der Waals surface area contributed by atoms with Gasteiger partial charge in [-0.2, -0.15) is 0 Å². The predicted molar refractivity (Wildman–Crippen MR) is 75.9 cm³/mol. The van der Waals surface area contributed by atoms with E-state index in [9.17, 15) is 10.1 Å². The lowest BCUT2D eigenvalue weighted by atomic mass is 9.97. The number of likely N-dealkylation sites (tertiary alicyclic amines) is 1. The summed E-state index contributed by atoms with van der Waals surface area (Å²) < 4.78 is 0.724. The molecular weight excluding hydrogens is 312 g/mol. The molecule has 104 valence electrons. The number of hydrogen-bond acceptors (Lipinski definition) is 4. The Labute approximate surface area is 120 Å². The van der Waals surface area contributed by atoms with E-state index in [1.54, 1.807) is 12.1 Å². The summed E-state index contributed by atoms with van der Waals surface area (Å²) in [7, 11) is 0. The Morgan fingerprint density at radius 2 is 2.11 bits per heavy atom. The van der Waals surface area contributed by atoms with Crippen LogP contribution in [-0.2, 0) is 6.54 Å². The number of aliphatic hydroxyl groups is 1. The smallest absolute Gasteiger partial charge is 0.275 e. The van der Waals surface area contributed by atoms with Crippen LogP contribution in [0.4, 0.5) is 5.69 Å². The largest absolute Gasteiger partial charge is 0.396 e. The van der Waals surface area contributed by atoms with E-state index in [4.69, 9.17) is 5.11 Å². The van der Waals surface area contributed by atoms with Crippen LogP contribution in [-0.4, -0.2) is 34.6 Å². The Balaban J connectivity index is 2.05. The third kappa shape index (κ3) is 3.75. The van der Waals surface area contributed by atoms with Crippen LogP contribution in [0.2, 0.25) is 0 Å². The average Bonchev–Trinajstić information content (AvgIpc) is 2.41. The molecule has 1 aliphatic rings. The van der Waals surface area contributed by atoms with Gasteiger partial charge in [-0.15, -0.1) is 0 Å². The van der Waals surface area contributed by atoms with Crippen LogP contribution in [0.1, 0.15) is 18.4 Å². The topological polar surface area (TPSA) is 66.6 Å². The number of nitrogens with zero attached hydrogens (tertiary/aromatic N) is 2. The number of rotatable bonds is 4. The highest BCUT2D eigenvalue weighted by Gasteiger charge is 2.21. The summed E-state index contributed by atoms with van der Waals surface area (Å²) in [6.07, 6.45) is 1.92. The lowest BCUT2D eigenvalue weighted by Gasteiger charge is -2.30. The summed E-state index contributed by atoms with van der Waals surface area (Å²) in [6, 6.07) is 5.19. The van der Waals surface area contributed by atoms with E-state index in [2.05, 4.69) is 20.8 Å². The van der Waals surface area contributed by atoms with Gasteiger partial charge >= 0.3 is 0 Å². The number of nitro groups is 1. The molecule has 6 heteroatoms. The second-order valence-electron chi connectivity index (χ2n) is 4.93. The Kier molecular flexibility index (Phi) is 4.90. The predicted octanol–water partition coefficient (Wildman–Crippen LogP) is 2.56. The number of hydrogen-bond donors (Lipinski definition) is 1. The van der Waals surface area contributed by atoms with Crippen molar-refractivity contribution >= 4 is 21.6 Å². The van der Waals surface area contributed by atoms with Gasteiger partial charge in [0.15, 0.2) is 0 Å². The molecule has 1 aromatic rings. The molecule has 5 nitrogen and oxygen atoms in total. The van der Waals surface area contributed by atoms with E-state index in [1.807, 2.05) is 6.07 Å². The van der Waals surface area contributed by atoms with Crippen molar-refractivity contribution < 1.29 is 10.0 Å².